The molecule has 0 spiro atoms. The lowest BCUT2D eigenvalue weighted by Crippen LogP contribution is -2.11. The van der Waals surface area contributed by atoms with Crippen molar-refractivity contribution in [3.63, 3.8) is 0 Å². The lowest BCUT2D eigenvalue weighted by atomic mass is 10.1. The topological polar surface area (TPSA) is 26.3 Å². The van der Waals surface area contributed by atoms with Gasteiger partial charge < -0.3 is 4.52 Å². The zero-order valence-electron chi connectivity index (χ0n) is 13.8. The molecule has 0 aromatic rings. The summed E-state index contributed by atoms with van der Waals surface area (Å²) in [5.41, 5.74) is 4.27. The minimum absolute atomic E-state index is 0.356. The molecule has 0 aromatic carbocycles. The third kappa shape index (κ3) is 3.69. The molecule has 0 bridgehead atoms. The van der Waals surface area contributed by atoms with E-state index in [0.717, 1.165) is 34.9 Å². The summed E-state index contributed by atoms with van der Waals surface area (Å²) in [6, 6.07) is 0. The van der Waals surface area contributed by atoms with Crippen LogP contribution in [-0.4, -0.2) is 12.8 Å². The molecule has 0 amide bonds. The third-order valence-corrected chi connectivity index (χ3v) is 6.70. The fraction of sp³-hybridized carbons (Fsp3) is 0.368. The summed E-state index contributed by atoms with van der Waals surface area (Å²) in [5, 5.41) is 0.921. The van der Waals surface area contributed by atoms with Gasteiger partial charge in [-0.15, -0.1) is 0 Å². The molecule has 1 atom stereocenters. The Balaban J connectivity index is 2.36. The van der Waals surface area contributed by atoms with Crippen LogP contribution in [0.2, 0.25) is 0 Å². The van der Waals surface area contributed by atoms with E-state index in [4.69, 9.17) is 4.52 Å². The maximum atomic E-state index is 13.4. The van der Waals surface area contributed by atoms with E-state index in [9.17, 15) is 4.57 Å². The van der Waals surface area contributed by atoms with Crippen LogP contribution in [0.15, 0.2) is 70.6 Å². The molecule has 1 aliphatic heterocycles. The fourth-order valence-electron chi connectivity index (χ4n) is 2.81. The molecule has 0 aromatic heterocycles. The normalized spacial score (nSPS) is 26.2. The zero-order chi connectivity index (χ0) is 16.2. The molecule has 1 unspecified atom stereocenters. The summed E-state index contributed by atoms with van der Waals surface area (Å²) in [4.78, 5) is 0. The highest BCUT2D eigenvalue weighted by molar-refractivity contribution is 7.63. The monoisotopic (exact) mass is 316 g/mol. The lowest BCUT2D eigenvalue weighted by molar-refractivity contribution is 0.345. The van der Waals surface area contributed by atoms with Crippen molar-refractivity contribution in [1.82, 2.24) is 0 Å². The number of hydrogen-bond donors (Lipinski definition) is 0. The van der Waals surface area contributed by atoms with Crippen molar-refractivity contribution < 1.29 is 9.09 Å². The number of rotatable bonds is 4. The van der Waals surface area contributed by atoms with E-state index in [1.54, 1.807) is 0 Å². The Kier molecular flexibility index (Phi) is 5.61. The number of allylic oxidation sites excluding steroid dienone is 9. The highest BCUT2D eigenvalue weighted by atomic mass is 31.2. The average molecular weight is 316 g/mol. The molecule has 2 nitrogen and oxygen atoms in total. The van der Waals surface area contributed by atoms with E-state index in [-0.39, 0.29) is 0 Å². The van der Waals surface area contributed by atoms with Crippen LogP contribution in [0.5, 0.6) is 0 Å². The van der Waals surface area contributed by atoms with Crippen molar-refractivity contribution in [1.29, 1.82) is 0 Å². The maximum absolute atomic E-state index is 13.4. The standard InChI is InChI=1S/C19H25O2P/c1-5-8-18-16(4)13-21-22(20,19(18)6-2)14-17-10-7-9-15(3)11-12-17/h5,8-12H,4,6-7,13-14H2,1-3H3. The Morgan fingerprint density at radius 3 is 2.82 bits per heavy atom. The van der Waals surface area contributed by atoms with E-state index >= 15 is 0 Å². The van der Waals surface area contributed by atoms with E-state index in [1.807, 2.05) is 26.0 Å². The molecular formula is C19H25O2P. The summed E-state index contributed by atoms with van der Waals surface area (Å²) in [5.74, 6) is 0. The third-order valence-electron chi connectivity index (χ3n) is 3.99. The van der Waals surface area contributed by atoms with Crippen LogP contribution in [0.3, 0.4) is 0 Å². The first-order chi connectivity index (χ1) is 10.5. The average Bonchev–Trinajstić information content (AvgIpc) is 2.68. The predicted molar refractivity (Wildman–Crippen MR) is 95.3 cm³/mol. The summed E-state index contributed by atoms with van der Waals surface area (Å²) < 4.78 is 19.2. The molecule has 3 heteroatoms. The predicted octanol–water partition coefficient (Wildman–Crippen LogP) is 5.92. The molecule has 0 saturated carbocycles. The second-order valence-electron chi connectivity index (χ2n) is 5.72. The molecule has 2 rings (SSSR count). The van der Waals surface area contributed by atoms with Gasteiger partial charge in [-0.25, -0.2) is 0 Å². The van der Waals surface area contributed by atoms with Crippen LogP contribution in [0.4, 0.5) is 0 Å². The first kappa shape index (κ1) is 17.0. The Morgan fingerprint density at radius 2 is 2.14 bits per heavy atom. The van der Waals surface area contributed by atoms with Crippen LogP contribution in [0, 0.1) is 0 Å². The van der Waals surface area contributed by atoms with E-state index in [2.05, 4.69) is 37.8 Å². The van der Waals surface area contributed by atoms with Crippen molar-refractivity contribution >= 4 is 7.37 Å². The molecule has 2 aliphatic rings. The van der Waals surface area contributed by atoms with Gasteiger partial charge in [0.25, 0.3) is 0 Å². The van der Waals surface area contributed by atoms with Gasteiger partial charge in [0, 0.05) is 5.31 Å². The van der Waals surface area contributed by atoms with Gasteiger partial charge in [0.15, 0.2) is 0 Å². The highest BCUT2D eigenvalue weighted by Gasteiger charge is 2.34. The first-order valence-corrected chi connectivity index (χ1v) is 9.63. The Morgan fingerprint density at radius 1 is 1.36 bits per heavy atom. The summed E-state index contributed by atoms with van der Waals surface area (Å²) >= 11 is 0. The van der Waals surface area contributed by atoms with Gasteiger partial charge >= 0.3 is 0 Å². The minimum atomic E-state index is -2.83. The largest absolute Gasteiger partial charge is 0.320 e. The van der Waals surface area contributed by atoms with Crippen molar-refractivity contribution in [3.05, 3.63) is 70.6 Å². The zero-order valence-corrected chi connectivity index (χ0v) is 14.7. The van der Waals surface area contributed by atoms with Crippen LogP contribution < -0.4 is 0 Å². The number of hydrogen-bond acceptors (Lipinski definition) is 2. The second-order valence-corrected chi connectivity index (χ2v) is 8.18. The Bertz CT molecular complexity index is 657. The molecule has 118 valence electrons. The molecule has 1 heterocycles. The summed E-state index contributed by atoms with van der Waals surface area (Å²) in [7, 11) is -2.83. The first-order valence-electron chi connectivity index (χ1n) is 7.82. The van der Waals surface area contributed by atoms with Gasteiger partial charge in [0.1, 0.15) is 0 Å². The van der Waals surface area contributed by atoms with E-state index in [0.29, 0.717) is 12.8 Å². The molecule has 1 aliphatic carbocycles. The van der Waals surface area contributed by atoms with Crippen molar-refractivity contribution in [2.24, 2.45) is 0 Å². The van der Waals surface area contributed by atoms with Crippen LogP contribution in [0.25, 0.3) is 0 Å². The minimum Gasteiger partial charge on any atom is -0.320 e. The maximum Gasteiger partial charge on any atom is 0.233 e. The van der Waals surface area contributed by atoms with Crippen LogP contribution in [-0.2, 0) is 9.09 Å². The molecule has 0 saturated heterocycles. The second kappa shape index (κ2) is 7.26. The molecular weight excluding hydrogens is 291 g/mol. The summed E-state index contributed by atoms with van der Waals surface area (Å²) in [6.45, 7) is 10.5. The van der Waals surface area contributed by atoms with Gasteiger partial charge in [-0.1, -0.05) is 55.5 Å². The molecule has 0 fully saturated rings. The van der Waals surface area contributed by atoms with Crippen LogP contribution >= 0.6 is 7.37 Å². The smallest absolute Gasteiger partial charge is 0.233 e. The van der Waals surface area contributed by atoms with Gasteiger partial charge in [0.05, 0.1) is 12.8 Å². The highest BCUT2D eigenvalue weighted by Crippen LogP contribution is 2.62. The SMILES string of the molecule is C=C1COP(=O)(CC2=CCC=C(C)C=C2)C(CC)=C1C=CC. The van der Waals surface area contributed by atoms with Gasteiger partial charge in [0.2, 0.25) is 7.37 Å². The lowest BCUT2D eigenvalue weighted by Gasteiger charge is -2.29. The molecule has 0 N–H and O–H groups in total. The van der Waals surface area contributed by atoms with Crippen molar-refractivity contribution in [3.8, 4) is 0 Å². The Hall–Kier alpha value is -1.37. The van der Waals surface area contributed by atoms with Gasteiger partial charge in [-0.3, -0.25) is 4.57 Å². The van der Waals surface area contributed by atoms with Crippen molar-refractivity contribution in [2.75, 3.05) is 12.8 Å². The quantitative estimate of drug-likeness (QED) is 0.601. The fourth-order valence-corrected chi connectivity index (χ4v) is 5.41. The van der Waals surface area contributed by atoms with Gasteiger partial charge in [-0.2, -0.15) is 0 Å². The molecule has 0 radical (unpaired) electrons. The molecule has 22 heavy (non-hydrogen) atoms. The van der Waals surface area contributed by atoms with Crippen molar-refractivity contribution in [2.45, 2.75) is 33.6 Å². The van der Waals surface area contributed by atoms with E-state index < -0.39 is 7.37 Å². The van der Waals surface area contributed by atoms with Gasteiger partial charge in [-0.05, 0) is 43.4 Å². The van der Waals surface area contributed by atoms with E-state index in [1.165, 1.54) is 5.57 Å². The Labute approximate surface area is 134 Å². The summed E-state index contributed by atoms with van der Waals surface area (Å²) in [6.07, 6.45) is 14.5. The van der Waals surface area contributed by atoms with Crippen LogP contribution in [0.1, 0.15) is 33.6 Å².